The Hall–Kier alpha value is -2.92. The number of likely N-dealkylation sites (tertiary alicyclic amines) is 1. The maximum Gasteiger partial charge on any atom is 0.259 e. The second-order valence-corrected chi connectivity index (χ2v) is 9.87. The number of benzene rings is 2. The first kappa shape index (κ1) is 19.7. The standard InChI is InChI=1S/C26H23ClN2O3/c1-14-7-8-16(27)11-21(14)28(24(30)15-5-3-2-4-6-15)13-29-25(31)22-17-9-10-18(20-12-19(17)20)23(22)26(29)32/h2-11,17-20,22-23H,12-13H2,1H3. The van der Waals surface area contributed by atoms with E-state index in [1.54, 1.807) is 36.4 Å². The van der Waals surface area contributed by atoms with Gasteiger partial charge in [-0.25, -0.2) is 0 Å². The number of anilines is 1. The topological polar surface area (TPSA) is 57.7 Å². The second-order valence-electron chi connectivity index (χ2n) is 9.43. The highest BCUT2D eigenvalue weighted by molar-refractivity contribution is 6.31. The molecule has 1 aliphatic heterocycles. The van der Waals surface area contributed by atoms with Gasteiger partial charge in [0.1, 0.15) is 6.67 Å². The minimum Gasteiger partial charge on any atom is -0.289 e. The molecule has 0 aromatic heterocycles. The molecule has 2 bridgehead atoms. The van der Waals surface area contributed by atoms with Crippen LogP contribution in [-0.4, -0.2) is 29.3 Å². The Morgan fingerprint density at radius 1 is 1.00 bits per heavy atom. The first-order valence-electron chi connectivity index (χ1n) is 11.1. The molecule has 2 aromatic carbocycles. The first-order chi connectivity index (χ1) is 15.5. The zero-order valence-electron chi connectivity index (χ0n) is 17.6. The number of halogens is 1. The number of nitrogens with zero attached hydrogens (tertiary/aromatic N) is 2. The summed E-state index contributed by atoms with van der Waals surface area (Å²) in [5.41, 5.74) is 1.94. The lowest BCUT2D eigenvalue weighted by Gasteiger charge is -2.37. The van der Waals surface area contributed by atoms with Crippen LogP contribution in [0, 0.1) is 42.4 Å². The Morgan fingerprint density at radius 2 is 1.62 bits per heavy atom. The highest BCUT2D eigenvalue weighted by Gasteiger charge is 2.67. The van der Waals surface area contributed by atoms with Crippen molar-refractivity contribution in [1.82, 2.24) is 4.90 Å². The summed E-state index contributed by atoms with van der Waals surface area (Å²) in [6, 6.07) is 14.2. The fourth-order valence-corrected chi connectivity index (χ4v) is 6.33. The van der Waals surface area contributed by atoms with Gasteiger partial charge in [0.05, 0.1) is 17.5 Å². The van der Waals surface area contributed by atoms with Gasteiger partial charge in [0.2, 0.25) is 11.8 Å². The molecule has 6 atom stereocenters. The maximum atomic E-state index is 13.5. The van der Waals surface area contributed by atoms with E-state index in [1.807, 2.05) is 19.1 Å². The Labute approximate surface area is 191 Å². The zero-order chi connectivity index (χ0) is 22.1. The summed E-state index contributed by atoms with van der Waals surface area (Å²) < 4.78 is 0. The molecule has 0 N–H and O–H groups in total. The number of amides is 3. The highest BCUT2D eigenvalue weighted by atomic mass is 35.5. The number of imide groups is 1. The van der Waals surface area contributed by atoms with Crippen molar-refractivity contribution in [1.29, 1.82) is 0 Å². The van der Waals surface area contributed by atoms with Gasteiger partial charge in [0.15, 0.2) is 0 Å². The molecule has 1 saturated heterocycles. The monoisotopic (exact) mass is 446 g/mol. The van der Waals surface area contributed by atoms with Gasteiger partial charge >= 0.3 is 0 Å². The fourth-order valence-electron chi connectivity index (χ4n) is 6.16. The lowest BCUT2D eigenvalue weighted by Crippen LogP contribution is -2.45. The molecule has 0 radical (unpaired) electrons. The minimum atomic E-state index is -0.282. The molecular weight excluding hydrogens is 424 g/mol. The Balaban J connectivity index is 1.37. The van der Waals surface area contributed by atoms with Gasteiger partial charge in [0.25, 0.3) is 5.91 Å². The van der Waals surface area contributed by atoms with Crippen LogP contribution in [0.5, 0.6) is 0 Å². The largest absolute Gasteiger partial charge is 0.289 e. The van der Waals surface area contributed by atoms with Crippen LogP contribution in [0.1, 0.15) is 22.3 Å². The predicted molar refractivity (Wildman–Crippen MR) is 121 cm³/mol. The average molecular weight is 447 g/mol. The molecule has 32 heavy (non-hydrogen) atoms. The van der Waals surface area contributed by atoms with Gasteiger partial charge in [-0.3, -0.25) is 24.2 Å². The van der Waals surface area contributed by atoms with E-state index in [9.17, 15) is 14.4 Å². The summed E-state index contributed by atoms with van der Waals surface area (Å²) in [6.07, 6.45) is 5.43. The van der Waals surface area contributed by atoms with Gasteiger partial charge in [-0.15, -0.1) is 0 Å². The number of rotatable bonds is 4. The molecule has 5 nitrogen and oxygen atoms in total. The molecule has 2 aromatic rings. The Bertz CT molecular complexity index is 1140. The SMILES string of the molecule is Cc1ccc(Cl)cc1N(CN1C(=O)C2C3C=CC(C4CC34)C2C1=O)C(=O)c1ccccc1. The van der Waals surface area contributed by atoms with E-state index in [4.69, 9.17) is 11.6 Å². The predicted octanol–water partition coefficient (Wildman–Crippen LogP) is 4.31. The van der Waals surface area contributed by atoms with E-state index < -0.39 is 0 Å². The normalized spacial score (nSPS) is 31.5. The van der Waals surface area contributed by atoms with E-state index in [0.717, 1.165) is 12.0 Å². The van der Waals surface area contributed by atoms with E-state index in [1.165, 1.54) is 9.80 Å². The maximum absolute atomic E-state index is 13.5. The van der Waals surface area contributed by atoms with Crippen molar-refractivity contribution in [3.63, 3.8) is 0 Å². The van der Waals surface area contributed by atoms with Crippen LogP contribution in [0.3, 0.4) is 0 Å². The molecule has 6 unspecified atom stereocenters. The van der Waals surface area contributed by atoms with E-state index in [-0.39, 0.29) is 48.1 Å². The van der Waals surface area contributed by atoms with Gasteiger partial charge in [0, 0.05) is 10.6 Å². The van der Waals surface area contributed by atoms with Crippen LogP contribution in [0.15, 0.2) is 60.7 Å². The number of aryl methyl sites for hydroxylation is 1. The van der Waals surface area contributed by atoms with Crippen molar-refractivity contribution in [2.24, 2.45) is 35.5 Å². The molecule has 3 amide bonds. The summed E-state index contributed by atoms with van der Waals surface area (Å²) in [5.74, 6) is 0.275. The molecule has 5 aliphatic rings. The summed E-state index contributed by atoms with van der Waals surface area (Å²) in [6.45, 7) is 1.79. The molecular formula is C26H23ClN2O3. The molecule has 6 heteroatoms. The van der Waals surface area contributed by atoms with Gasteiger partial charge in [-0.05, 0) is 66.8 Å². The Morgan fingerprint density at radius 3 is 2.25 bits per heavy atom. The van der Waals surface area contributed by atoms with Crippen molar-refractivity contribution in [3.8, 4) is 0 Å². The van der Waals surface area contributed by atoms with Gasteiger partial charge in [-0.1, -0.05) is 48.0 Å². The van der Waals surface area contributed by atoms with E-state index >= 15 is 0 Å². The number of carbonyl (C=O) groups is 3. The zero-order valence-corrected chi connectivity index (χ0v) is 18.4. The van der Waals surface area contributed by atoms with Crippen molar-refractivity contribution < 1.29 is 14.4 Å². The summed E-state index contributed by atoms with van der Waals surface area (Å²) in [5, 5.41) is 0.492. The molecule has 7 rings (SSSR count). The quantitative estimate of drug-likeness (QED) is 0.519. The average Bonchev–Trinajstić information content (AvgIpc) is 3.59. The Kier molecular flexibility index (Phi) is 4.34. The molecule has 2 saturated carbocycles. The lowest BCUT2D eigenvalue weighted by molar-refractivity contribution is -0.140. The van der Waals surface area contributed by atoms with Gasteiger partial charge in [-0.2, -0.15) is 0 Å². The summed E-state index contributed by atoms with van der Waals surface area (Å²) in [7, 11) is 0. The minimum absolute atomic E-state index is 0.103. The van der Waals surface area contributed by atoms with Crippen LogP contribution in [0.2, 0.25) is 5.02 Å². The lowest BCUT2D eigenvalue weighted by atomic mass is 9.63. The van der Waals surface area contributed by atoms with Crippen molar-refractivity contribution in [2.75, 3.05) is 11.6 Å². The summed E-state index contributed by atoms with van der Waals surface area (Å²) in [4.78, 5) is 43.4. The first-order valence-corrected chi connectivity index (χ1v) is 11.5. The molecule has 162 valence electrons. The van der Waals surface area contributed by atoms with Crippen LogP contribution in [0.4, 0.5) is 5.69 Å². The highest BCUT2D eigenvalue weighted by Crippen LogP contribution is 2.65. The second kappa shape index (κ2) is 7.04. The van der Waals surface area contributed by atoms with Gasteiger partial charge < -0.3 is 0 Å². The molecule has 3 fully saturated rings. The molecule has 0 spiro atoms. The van der Waals surface area contributed by atoms with Crippen molar-refractivity contribution in [2.45, 2.75) is 13.3 Å². The van der Waals surface area contributed by atoms with Crippen LogP contribution in [0.25, 0.3) is 0 Å². The van der Waals surface area contributed by atoms with Crippen molar-refractivity contribution in [3.05, 3.63) is 76.8 Å². The fraction of sp³-hybridized carbons (Fsp3) is 0.346. The van der Waals surface area contributed by atoms with E-state index in [0.29, 0.717) is 28.1 Å². The molecule has 4 aliphatic carbocycles. The molecule has 1 heterocycles. The smallest absolute Gasteiger partial charge is 0.259 e. The third kappa shape index (κ3) is 2.80. The van der Waals surface area contributed by atoms with Crippen LogP contribution < -0.4 is 4.90 Å². The number of hydrogen-bond acceptors (Lipinski definition) is 3. The number of allylic oxidation sites excluding steroid dienone is 2. The third-order valence-corrected chi connectivity index (χ3v) is 8.00. The van der Waals surface area contributed by atoms with Crippen molar-refractivity contribution >= 4 is 35.0 Å². The van der Waals surface area contributed by atoms with Crippen LogP contribution >= 0.6 is 11.6 Å². The third-order valence-electron chi connectivity index (χ3n) is 7.76. The number of carbonyl (C=O) groups excluding carboxylic acids is 3. The number of hydrogen-bond donors (Lipinski definition) is 0. The van der Waals surface area contributed by atoms with Crippen LogP contribution in [-0.2, 0) is 9.59 Å². The van der Waals surface area contributed by atoms with E-state index in [2.05, 4.69) is 12.2 Å². The summed E-state index contributed by atoms with van der Waals surface area (Å²) >= 11 is 6.26.